The smallest absolute Gasteiger partial charge is 0.113 e. The summed E-state index contributed by atoms with van der Waals surface area (Å²) in [6.45, 7) is 4.87. The maximum atomic E-state index is 5.15. The van der Waals surface area contributed by atoms with E-state index in [1.165, 1.54) is 68.5 Å². The third kappa shape index (κ3) is 2.79. The molecule has 2 nitrogen and oxygen atoms in total. The first-order valence-corrected chi connectivity index (χ1v) is 9.73. The van der Waals surface area contributed by atoms with Gasteiger partial charge >= 0.3 is 0 Å². The Morgan fingerprint density at radius 3 is 2.48 bits per heavy atom. The Hall–Kier alpha value is -0.410. The number of nitrogens with zero attached hydrogens (tertiary/aromatic N) is 1. The van der Waals surface area contributed by atoms with E-state index in [1.54, 1.807) is 4.88 Å². The van der Waals surface area contributed by atoms with Crippen LogP contribution in [0.25, 0.3) is 0 Å². The molecule has 0 saturated heterocycles. The first-order valence-electron chi connectivity index (χ1n) is 8.91. The van der Waals surface area contributed by atoms with E-state index < -0.39 is 0 Å². The molecule has 1 heterocycles. The zero-order valence-electron chi connectivity index (χ0n) is 13.5. The quantitative estimate of drug-likeness (QED) is 0.894. The van der Waals surface area contributed by atoms with Crippen LogP contribution in [0.3, 0.4) is 0 Å². The molecular formula is C18H28N2S. The Kier molecular flexibility index (Phi) is 3.61. The van der Waals surface area contributed by atoms with Crippen molar-refractivity contribution in [3.8, 4) is 0 Å². The summed E-state index contributed by atoms with van der Waals surface area (Å²) in [7, 11) is 0. The molecule has 21 heavy (non-hydrogen) atoms. The largest absolute Gasteiger partial charge is 0.303 e. The minimum Gasteiger partial charge on any atom is -0.303 e. The van der Waals surface area contributed by atoms with Crippen molar-refractivity contribution in [3.63, 3.8) is 0 Å². The summed E-state index contributed by atoms with van der Waals surface area (Å²) in [6, 6.07) is 0.767. The minimum atomic E-state index is 0.195. The zero-order valence-corrected chi connectivity index (χ0v) is 14.3. The van der Waals surface area contributed by atoms with Gasteiger partial charge in [-0.25, -0.2) is 4.98 Å². The standard InChI is InChI=1S/C18H28N2S/c1-12-9-13(2)11-18(10-12,20-14-7-8-14)17-19-15-5-3-4-6-16(15)21-17/h12-14,20H,3-11H2,1-2H3. The Bertz CT molecular complexity index is 478. The summed E-state index contributed by atoms with van der Waals surface area (Å²) in [5.41, 5.74) is 1.63. The van der Waals surface area contributed by atoms with Gasteiger partial charge < -0.3 is 5.32 Å². The number of fused-ring (bicyclic) bond motifs is 1. The number of aromatic nitrogens is 1. The molecule has 4 rings (SSSR count). The Morgan fingerprint density at radius 2 is 1.81 bits per heavy atom. The maximum absolute atomic E-state index is 5.15. The highest BCUT2D eigenvalue weighted by Crippen LogP contribution is 2.46. The van der Waals surface area contributed by atoms with Crippen LogP contribution in [0.15, 0.2) is 0 Å². The van der Waals surface area contributed by atoms with E-state index in [2.05, 4.69) is 19.2 Å². The van der Waals surface area contributed by atoms with Crippen molar-refractivity contribution >= 4 is 11.3 Å². The molecule has 0 radical (unpaired) electrons. The van der Waals surface area contributed by atoms with Crippen LogP contribution < -0.4 is 5.32 Å². The lowest BCUT2D eigenvalue weighted by molar-refractivity contribution is 0.141. The van der Waals surface area contributed by atoms with Gasteiger partial charge in [0.05, 0.1) is 11.2 Å². The summed E-state index contributed by atoms with van der Waals surface area (Å²) in [5, 5.41) is 5.47. The fourth-order valence-corrected chi connectivity index (χ4v) is 5.98. The molecule has 2 unspecified atom stereocenters. The highest BCUT2D eigenvalue weighted by atomic mass is 32.1. The minimum absolute atomic E-state index is 0.195. The molecule has 3 aliphatic carbocycles. The van der Waals surface area contributed by atoms with Crippen LogP contribution in [0.5, 0.6) is 0 Å². The second-order valence-electron chi connectivity index (χ2n) is 7.95. The molecule has 1 N–H and O–H groups in total. The molecule has 0 aromatic carbocycles. The van der Waals surface area contributed by atoms with Gasteiger partial charge in [0.2, 0.25) is 0 Å². The predicted molar refractivity (Wildman–Crippen MR) is 88.8 cm³/mol. The molecule has 0 bridgehead atoms. The van der Waals surface area contributed by atoms with Gasteiger partial charge in [-0.3, -0.25) is 0 Å². The van der Waals surface area contributed by atoms with Gasteiger partial charge in [0.15, 0.2) is 0 Å². The Balaban J connectivity index is 1.69. The van der Waals surface area contributed by atoms with Crippen LogP contribution in [-0.2, 0) is 18.4 Å². The number of thiazole rings is 1. The van der Waals surface area contributed by atoms with E-state index in [1.807, 2.05) is 11.3 Å². The van der Waals surface area contributed by atoms with Crippen LogP contribution in [0.4, 0.5) is 0 Å². The fourth-order valence-electron chi connectivity index (χ4n) is 4.66. The molecule has 3 heteroatoms. The van der Waals surface area contributed by atoms with Crippen molar-refractivity contribution in [3.05, 3.63) is 15.6 Å². The number of rotatable bonds is 3. The Labute approximate surface area is 132 Å². The van der Waals surface area contributed by atoms with Crippen molar-refractivity contribution in [1.82, 2.24) is 10.3 Å². The van der Waals surface area contributed by atoms with Gasteiger partial charge in [0.1, 0.15) is 5.01 Å². The summed E-state index contributed by atoms with van der Waals surface area (Å²) in [5.74, 6) is 1.64. The summed E-state index contributed by atoms with van der Waals surface area (Å²) >= 11 is 2.04. The van der Waals surface area contributed by atoms with Crippen LogP contribution in [0.2, 0.25) is 0 Å². The summed E-state index contributed by atoms with van der Waals surface area (Å²) in [6.07, 6.45) is 11.9. The number of hydrogen-bond donors (Lipinski definition) is 1. The van der Waals surface area contributed by atoms with Gasteiger partial charge in [-0.05, 0) is 69.6 Å². The monoisotopic (exact) mass is 304 g/mol. The van der Waals surface area contributed by atoms with Gasteiger partial charge in [-0.2, -0.15) is 0 Å². The average molecular weight is 305 g/mol. The zero-order chi connectivity index (χ0) is 14.4. The topological polar surface area (TPSA) is 24.9 Å². The average Bonchev–Trinajstić information content (AvgIpc) is 3.12. The fraction of sp³-hybridized carbons (Fsp3) is 0.833. The van der Waals surface area contributed by atoms with Crippen LogP contribution in [0.1, 0.15) is 74.4 Å². The molecule has 2 fully saturated rings. The van der Waals surface area contributed by atoms with E-state index in [9.17, 15) is 0 Å². The van der Waals surface area contributed by atoms with Gasteiger partial charge in [-0.1, -0.05) is 13.8 Å². The summed E-state index contributed by atoms with van der Waals surface area (Å²) < 4.78 is 0. The number of hydrogen-bond acceptors (Lipinski definition) is 3. The first-order chi connectivity index (χ1) is 10.1. The van der Waals surface area contributed by atoms with E-state index in [0.717, 1.165) is 17.9 Å². The maximum Gasteiger partial charge on any atom is 0.113 e. The molecule has 0 aliphatic heterocycles. The van der Waals surface area contributed by atoms with Crippen molar-refractivity contribution in [2.45, 2.75) is 83.2 Å². The van der Waals surface area contributed by atoms with Crippen molar-refractivity contribution < 1.29 is 0 Å². The lowest BCUT2D eigenvalue weighted by atomic mass is 9.71. The van der Waals surface area contributed by atoms with Crippen LogP contribution >= 0.6 is 11.3 Å². The second-order valence-corrected chi connectivity index (χ2v) is 9.03. The third-order valence-corrected chi connectivity index (χ3v) is 6.87. The second kappa shape index (κ2) is 5.34. The number of nitrogens with one attached hydrogen (secondary N) is 1. The first kappa shape index (κ1) is 14.2. The predicted octanol–water partition coefficient (Wildman–Crippen LogP) is 4.43. The lowest BCUT2D eigenvalue weighted by Crippen LogP contribution is -2.48. The molecule has 0 spiro atoms. The molecule has 0 amide bonds. The molecule has 116 valence electrons. The molecule has 3 aliphatic rings. The molecule has 1 aromatic heterocycles. The van der Waals surface area contributed by atoms with E-state index >= 15 is 0 Å². The third-order valence-electron chi connectivity index (χ3n) is 5.51. The van der Waals surface area contributed by atoms with E-state index in [0.29, 0.717) is 0 Å². The highest BCUT2D eigenvalue weighted by Gasteiger charge is 2.45. The molecule has 1 aromatic rings. The highest BCUT2D eigenvalue weighted by molar-refractivity contribution is 7.11. The van der Waals surface area contributed by atoms with Crippen LogP contribution in [-0.4, -0.2) is 11.0 Å². The summed E-state index contributed by atoms with van der Waals surface area (Å²) in [4.78, 5) is 6.75. The SMILES string of the molecule is CC1CC(C)CC(NC2CC2)(c2nc3c(s2)CCCC3)C1. The molecule has 2 saturated carbocycles. The van der Waals surface area contributed by atoms with E-state index in [4.69, 9.17) is 4.98 Å². The van der Waals surface area contributed by atoms with Crippen molar-refractivity contribution in [2.24, 2.45) is 11.8 Å². The van der Waals surface area contributed by atoms with Crippen molar-refractivity contribution in [1.29, 1.82) is 0 Å². The van der Waals surface area contributed by atoms with Gasteiger partial charge in [0.25, 0.3) is 0 Å². The van der Waals surface area contributed by atoms with Crippen molar-refractivity contribution in [2.75, 3.05) is 0 Å². The van der Waals surface area contributed by atoms with Gasteiger partial charge in [-0.15, -0.1) is 11.3 Å². The van der Waals surface area contributed by atoms with E-state index in [-0.39, 0.29) is 5.54 Å². The Morgan fingerprint density at radius 1 is 1.10 bits per heavy atom. The molecule has 2 atom stereocenters. The van der Waals surface area contributed by atoms with Crippen LogP contribution in [0, 0.1) is 11.8 Å². The lowest BCUT2D eigenvalue weighted by Gasteiger charge is -2.42. The van der Waals surface area contributed by atoms with Gasteiger partial charge in [0, 0.05) is 10.9 Å². The number of aryl methyl sites for hydroxylation is 2. The molecular weight excluding hydrogens is 276 g/mol. The normalized spacial score (nSPS) is 36.5.